The molecule has 2 rings (SSSR count). The van der Waals surface area contributed by atoms with Gasteiger partial charge in [0.1, 0.15) is 5.15 Å². The fourth-order valence-electron chi connectivity index (χ4n) is 1.11. The molecule has 0 bridgehead atoms. The predicted octanol–water partition coefficient (Wildman–Crippen LogP) is 3.18. The maximum Gasteiger partial charge on any atom is 0.129 e. The Bertz CT molecular complexity index is 445. The van der Waals surface area contributed by atoms with Crippen LogP contribution in [0.15, 0.2) is 24.4 Å². The van der Waals surface area contributed by atoms with Gasteiger partial charge in [-0.25, -0.2) is 4.98 Å². The van der Waals surface area contributed by atoms with Crippen molar-refractivity contribution in [1.29, 1.82) is 0 Å². The number of rotatable bonds is 1. The summed E-state index contributed by atoms with van der Waals surface area (Å²) >= 11 is 9.11. The van der Waals surface area contributed by atoms with Crippen LogP contribution in [-0.2, 0) is 5.33 Å². The van der Waals surface area contributed by atoms with Crippen molar-refractivity contribution in [2.45, 2.75) is 5.33 Å². The summed E-state index contributed by atoms with van der Waals surface area (Å²) in [5.74, 6) is 0. The van der Waals surface area contributed by atoms with Crippen LogP contribution in [0.25, 0.3) is 10.9 Å². The van der Waals surface area contributed by atoms with Gasteiger partial charge in [-0.3, -0.25) is 4.98 Å². The lowest BCUT2D eigenvalue weighted by Crippen LogP contribution is -1.86. The van der Waals surface area contributed by atoms with Gasteiger partial charge in [0.25, 0.3) is 0 Å². The molecule has 0 saturated heterocycles. The third-order valence-electron chi connectivity index (χ3n) is 1.73. The minimum atomic E-state index is 0.513. The Labute approximate surface area is 89.1 Å². The molecule has 2 aromatic heterocycles. The van der Waals surface area contributed by atoms with E-state index in [-0.39, 0.29) is 0 Å². The summed E-state index contributed by atoms with van der Waals surface area (Å²) in [6.07, 6.45) is 1.80. The number of nitrogens with zero attached hydrogens (tertiary/aromatic N) is 2. The van der Waals surface area contributed by atoms with Crippen LogP contribution < -0.4 is 0 Å². The van der Waals surface area contributed by atoms with Crippen LogP contribution >= 0.6 is 27.5 Å². The molecular formula is C9H6BrClN2. The molecule has 0 fully saturated rings. The molecule has 0 aliphatic carbocycles. The third-order valence-corrected chi connectivity index (χ3v) is 2.52. The molecule has 0 unspecified atom stereocenters. The van der Waals surface area contributed by atoms with Gasteiger partial charge in [-0.15, -0.1) is 0 Å². The number of halogens is 2. The van der Waals surface area contributed by atoms with Gasteiger partial charge in [-0.05, 0) is 18.2 Å². The number of pyridine rings is 2. The van der Waals surface area contributed by atoms with E-state index >= 15 is 0 Å². The molecule has 2 heterocycles. The predicted molar refractivity (Wildman–Crippen MR) is 57.2 cm³/mol. The molecular weight excluding hydrogens is 251 g/mol. The lowest BCUT2D eigenvalue weighted by atomic mass is 10.2. The number of hydrogen-bond donors (Lipinski definition) is 0. The van der Waals surface area contributed by atoms with Crippen LogP contribution in [0.3, 0.4) is 0 Å². The molecule has 0 radical (unpaired) electrons. The number of alkyl halides is 1. The molecule has 2 nitrogen and oxygen atoms in total. The molecule has 0 aliphatic heterocycles. The zero-order valence-electron chi connectivity index (χ0n) is 6.67. The minimum absolute atomic E-state index is 0.513. The van der Waals surface area contributed by atoms with Crippen LogP contribution in [0.4, 0.5) is 0 Å². The summed E-state index contributed by atoms with van der Waals surface area (Å²) in [6, 6.07) is 5.60. The maximum atomic E-state index is 5.77. The third kappa shape index (κ3) is 1.81. The zero-order chi connectivity index (χ0) is 9.26. The van der Waals surface area contributed by atoms with Crippen LogP contribution in [0.5, 0.6) is 0 Å². The van der Waals surface area contributed by atoms with Crippen LogP contribution in [-0.4, -0.2) is 9.97 Å². The highest BCUT2D eigenvalue weighted by Crippen LogP contribution is 2.16. The Kier molecular flexibility index (Phi) is 2.47. The van der Waals surface area contributed by atoms with E-state index in [0.29, 0.717) is 5.15 Å². The van der Waals surface area contributed by atoms with Crippen molar-refractivity contribution in [3.8, 4) is 0 Å². The van der Waals surface area contributed by atoms with Gasteiger partial charge in [0.05, 0.1) is 11.2 Å². The molecule has 0 amide bonds. The normalized spacial score (nSPS) is 10.6. The summed E-state index contributed by atoms with van der Waals surface area (Å²) in [7, 11) is 0. The number of aromatic nitrogens is 2. The molecule has 0 aromatic carbocycles. The molecule has 66 valence electrons. The lowest BCUT2D eigenvalue weighted by Gasteiger charge is -1.98. The molecule has 2 aromatic rings. The summed E-state index contributed by atoms with van der Waals surface area (Å²) in [5, 5.41) is 2.25. The zero-order valence-corrected chi connectivity index (χ0v) is 9.01. The van der Waals surface area contributed by atoms with Gasteiger partial charge in [0, 0.05) is 16.9 Å². The Hall–Kier alpha value is -0.670. The molecule has 0 atom stereocenters. The minimum Gasteiger partial charge on any atom is -0.260 e. The van der Waals surface area contributed by atoms with E-state index in [0.717, 1.165) is 21.9 Å². The quantitative estimate of drug-likeness (QED) is 0.579. The lowest BCUT2D eigenvalue weighted by molar-refractivity contribution is 1.19. The van der Waals surface area contributed by atoms with Crippen molar-refractivity contribution in [1.82, 2.24) is 9.97 Å². The van der Waals surface area contributed by atoms with E-state index in [9.17, 15) is 0 Å². The van der Waals surface area contributed by atoms with Crippen LogP contribution in [0.2, 0.25) is 5.15 Å². The topological polar surface area (TPSA) is 25.8 Å². The first-order valence-corrected chi connectivity index (χ1v) is 5.26. The van der Waals surface area contributed by atoms with Crippen molar-refractivity contribution in [3.63, 3.8) is 0 Å². The van der Waals surface area contributed by atoms with Gasteiger partial charge in [-0.2, -0.15) is 0 Å². The average Bonchev–Trinajstić information content (AvgIpc) is 2.16. The van der Waals surface area contributed by atoms with Crippen LogP contribution in [0, 0.1) is 0 Å². The second-order valence-corrected chi connectivity index (χ2v) is 3.58. The molecule has 0 N–H and O–H groups in total. The number of fused-ring (bicyclic) bond motifs is 1. The smallest absolute Gasteiger partial charge is 0.129 e. The van der Waals surface area contributed by atoms with Gasteiger partial charge in [0.2, 0.25) is 0 Å². The van der Waals surface area contributed by atoms with E-state index in [1.807, 2.05) is 12.1 Å². The molecule has 0 saturated carbocycles. The fraction of sp³-hybridized carbons (Fsp3) is 0.111. The summed E-state index contributed by atoms with van der Waals surface area (Å²) in [6.45, 7) is 0. The SMILES string of the molecule is Clc1ccc2cnc(CBr)cc2n1. The molecule has 0 spiro atoms. The highest BCUT2D eigenvalue weighted by molar-refractivity contribution is 9.08. The summed E-state index contributed by atoms with van der Waals surface area (Å²) in [4.78, 5) is 8.41. The fourth-order valence-corrected chi connectivity index (χ4v) is 1.57. The van der Waals surface area contributed by atoms with E-state index in [1.165, 1.54) is 0 Å². The Morgan fingerprint density at radius 3 is 3.00 bits per heavy atom. The first-order valence-electron chi connectivity index (χ1n) is 3.77. The second-order valence-electron chi connectivity index (χ2n) is 2.64. The van der Waals surface area contributed by atoms with E-state index in [2.05, 4.69) is 25.9 Å². The molecule has 13 heavy (non-hydrogen) atoms. The average molecular weight is 258 g/mol. The monoisotopic (exact) mass is 256 g/mol. The highest BCUT2D eigenvalue weighted by atomic mass is 79.9. The Morgan fingerprint density at radius 1 is 1.38 bits per heavy atom. The van der Waals surface area contributed by atoms with Gasteiger partial charge < -0.3 is 0 Å². The van der Waals surface area contributed by atoms with Gasteiger partial charge in [0.15, 0.2) is 0 Å². The van der Waals surface area contributed by atoms with E-state index < -0.39 is 0 Å². The van der Waals surface area contributed by atoms with Gasteiger partial charge in [-0.1, -0.05) is 27.5 Å². The Morgan fingerprint density at radius 2 is 2.23 bits per heavy atom. The first kappa shape index (κ1) is 8.91. The van der Waals surface area contributed by atoms with Crippen molar-refractivity contribution in [3.05, 3.63) is 35.2 Å². The van der Waals surface area contributed by atoms with Gasteiger partial charge >= 0.3 is 0 Å². The van der Waals surface area contributed by atoms with Crippen molar-refractivity contribution in [2.24, 2.45) is 0 Å². The van der Waals surface area contributed by atoms with Crippen molar-refractivity contribution in [2.75, 3.05) is 0 Å². The van der Waals surface area contributed by atoms with Crippen molar-refractivity contribution < 1.29 is 0 Å². The molecule has 4 heteroatoms. The first-order chi connectivity index (χ1) is 6.29. The Balaban J connectivity index is 2.68. The second kappa shape index (κ2) is 3.60. The summed E-state index contributed by atoms with van der Waals surface area (Å²) in [5.41, 5.74) is 1.85. The standard InChI is InChI=1S/C9H6BrClN2/c10-4-7-3-8-6(5-12-7)1-2-9(11)13-8/h1-3,5H,4H2. The van der Waals surface area contributed by atoms with Crippen LogP contribution in [0.1, 0.15) is 5.69 Å². The number of hydrogen-bond acceptors (Lipinski definition) is 2. The molecule has 0 aliphatic rings. The van der Waals surface area contributed by atoms with Crippen molar-refractivity contribution >= 4 is 38.4 Å². The largest absolute Gasteiger partial charge is 0.260 e. The highest BCUT2D eigenvalue weighted by Gasteiger charge is 1.98. The van der Waals surface area contributed by atoms with E-state index in [1.54, 1.807) is 12.3 Å². The summed E-state index contributed by atoms with van der Waals surface area (Å²) < 4.78 is 0. The maximum absolute atomic E-state index is 5.77. The van der Waals surface area contributed by atoms with E-state index in [4.69, 9.17) is 11.6 Å².